The second kappa shape index (κ2) is 5.85. The van der Waals surface area contributed by atoms with Gasteiger partial charge in [-0.3, -0.25) is 0 Å². The summed E-state index contributed by atoms with van der Waals surface area (Å²) >= 11 is 1.60. The van der Waals surface area contributed by atoms with Crippen LogP contribution in [0.25, 0.3) is 0 Å². The van der Waals surface area contributed by atoms with Gasteiger partial charge in [0.2, 0.25) is 0 Å². The van der Waals surface area contributed by atoms with Crippen molar-refractivity contribution in [3.05, 3.63) is 52.3 Å². The normalized spacial score (nSPS) is 10.2. The van der Waals surface area contributed by atoms with Gasteiger partial charge in [-0.25, -0.2) is 9.97 Å². The summed E-state index contributed by atoms with van der Waals surface area (Å²) in [6, 6.07) is 9.78. The summed E-state index contributed by atoms with van der Waals surface area (Å²) in [6.07, 6.45) is 0. The molecule has 0 saturated carbocycles. The molecule has 0 amide bonds. The molecule has 2 rings (SSSR count). The van der Waals surface area contributed by atoms with Crippen LogP contribution in [0.15, 0.2) is 29.4 Å². The molecule has 0 aliphatic rings. The fourth-order valence-electron chi connectivity index (χ4n) is 1.68. The van der Waals surface area contributed by atoms with Crippen molar-refractivity contribution in [1.29, 1.82) is 5.26 Å². The third-order valence-corrected chi connectivity index (χ3v) is 3.95. The lowest BCUT2D eigenvalue weighted by molar-refractivity contribution is 0.880. The van der Waals surface area contributed by atoms with E-state index in [1.165, 1.54) is 0 Å². The van der Waals surface area contributed by atoms with Crippen LogP contribution in [0.3, 0.4) is 0 Å². The molecule has 0 spiro atoms. The SMILES string of the molecule is Cc1nc(SCc2cccc(C#N)c2)nc(C)c1C. The van der Waals surface area contributed by atoms with Gasteiger partial charge in [-0.2, -0.15) is 5.26 Å². The van der Waals surface area contributed by atoms with Gasteiger partial charge in [-0.1, -0.05) is 23.9 Å². The van der Waals surface area contributed by atoms with Gasteiger partial charge in [0.15, 0.2) is 5.16 Å². The molecule has 0 unspecified atom stereocenters. The van der Waals surface area contributed by atoms with Crippen molar-refractivity contribution >= 4 is 11.8 Å². The third-order valence-electron chi connectivity index (χ3n) is 3.04. The number of hydrogen-bond acceptors (Lipinski definition) is 4. The van der Waals surface area contributed by atoms with E-state index in [1.54, 1.807) is 11.8 Å². The van der Waals surface area contributed by atoms with E-state index in [4.69, 9.17) is 5.26 Å². The Hall–Kier alpha value is -1.86. The Balaban J connectivity index is 2.12. The fraction of sp³-hybridized carbons (Fsp3) is 0.267. The van der Waals surface area contributed by atoms with Crippen LogP contribution in [0, 0.1) is 32.1 Å². The van der Waals surface area contributed by atoms with Crippen molar-refractivity contribution in [3.63, 3.8) is 0 Å². The van der Waals surface area contributed by atoms with E-state index in [0.29, 0.717) is 5.56 Å². The number of thioether (sulfide) groups is 1. The quantitative estimate of drug-likeness (QED) is 0.631. The first kappa shape index (κ1) is 13.6. The molecule has 1 aromatic heterocycles. The molecule has 0 radical (unpaired) electrons. The third kappa shape index (κ3) is 3.33. The van der Waals surface area contributed by atoms with Crippen LogP contribution in [-0.2, 0) is 5.75 Å². The Morgan fingerprint density at radius 2 is 1.84 bits per heavy atom. The predicted octanol–water partition coefficient (Wildman–Crippen LogP) is 3.57. The fourth-order valence-corrected chi connectivity index (χ4v) is 2.56. The first-order chi connectivity index (χ1) is 9.10. The minimum atomic E-state index is 0.690. The van der Waals surface area contributed by atoms with E-state index in [0.717, 1.165) is 33.4 Å². The van der Waals surface area contributed by atoms with E-state index in [2.05, 4.69) is 16.0 Å². The van der Waals surface area contributed by atoms with Gasteiger partial charge in [0.05, 0.1) is 11.6 Å². The van der Waals surface area contributed by atoms with Crippen LogP contribution in [0.5, 0.6) is 0 Å². The average Bonchev–Trinajstić information content (AvgIpc) is 2.42. The van der Waals surface area contributed by atoms with Crippen molar-refractivity contribution < 1.29 is 0 Å². The van der Waals surface area contributed by atoms with Crippen molar-refractivity contribution in [2.45, 2.75) is 31.7 Å². The highest BCUT2D eigenvalue weighted by Gasteiger charge is 2.05. The van der Waals surface area contributed by atoms with Crippen LogP contribution >= 0.6 is 11.8 Å². The number of nitriles is 1. The van der Waals surface area contributed by atoms with Gasteiger partial charge in [0.1, 0.15) is 0 Å². The van der Waals surface area contributed by atoms with Crippen molar-refractivity contribution in [2.75, 3.05) is 0 Å². The summed E-state index contributed by atoms with van der Waals surface area (Å²) in [7, 11) is 0. The first-order valence-electron chi connectivity index (χ1n) is 6.04. The van der Waals surface area contributed by atoms with E-state index in [1.807, 2.05) is 45.0 Å². The molecule has 0 aliphatic heterocycles. The summed E-state index contributed by atoms with van der Waals surface area (Å²) in [5, 5.41) is 9.66. The Labute approximate surface area is 117 Å². The molecule has 0 fully saturated rings. The predicted molar refractivity (Wildman–Crippen MR) is 77.0 cm³/mol. The number of aromatic nitrogens is 2. The van der Waals surface area contributed by atoms with E-state index < -0.39 is 0 Å². The average molecular weight is 269 g/mol. The monoisotopic (exact) mass is 269 g/mol. The second-order valence-electron chi connectivity index (χ2n) is 4.40. The Bertz CT molecular complexity index is 621. The maximum absolute atomic E-state index is 8.87. The molecular formula is C15H15N3S. The number of rotatable bonds is 3. The van der Waals surface area contributed by atoms with Gasteiger partial charge in [0, 0.05) is 17.1 Å². The zero-order valence-electron chi connectivity index (χ0n) is 11.3. The smallest absolute Gasteiger partial charge is 0.188 e. The highest BCUT2D eigenvalue weighted by molar-refractivity contribution is 7.98. The Kier molecular flexibility index (Phi) is 4.18. The number of hydrogen-bond donors (Lipinski definition) is 0. The molecule has 1 heterocycles. The van der Waals surface area contributed by atoms with Crippen molar-refractivity contribution in [3.8, 4) is 6.07 Å². The lowest BCUT2D eigenvalue weighted by Gasteiger charge is -2.06. The summed E-state index contributed by atoms with van der Waals surface area (Å²) in [5.41, 5.74) is 5.01. The van der Waals surface area contributed by atoms with Crippen LogP contribution < -0.4 is 0 Å². The lowest BCUT2D eigenvalue weighted by Crippen LogP contribution is -1.98. The molecule has 0 bridgehead atoms. The summed E-state index contributed by atoms with van der Waals surface area (Å²) in [5.74, 6) is 0.775. The van der Waals surface area contributed by atoms with Crippen LogP contribution in [0.4, 0.5) is 0 Å². The summed E-state index contributed by atoms with van der Waals surface area (Å²) < 4.78 is 0. The number of aryl methyl sites for hydroxylation is 2. The summed E-state index contributed by atoms with van der Waals surface area (Å²) in [6.45, 7) is 6.05. The lowest BCUT2D eigenvalue weighted by atomic mass is 10.2. The zero-order valence-corrected chi connectivity index (χ0v) is 12.1. The molecule has 0 N–H and O–H groups in total. The van der Waals surface area contributed by atoms with Gasteiger partial charge in [-0.15, -0.1) is 0 Å². The molecule has 0 atom stereocenters. The van der Waals surface area contributed by atoms with E-state index >= 15 is 0 Å². The molecule has 0 saturated heterocycles. The zero-order chi connectivity index (χ0) is 13.8. The van der Waals surface area contributed by atoms with Crippen LogP contribution in [-0.4, -0.2) is 9.97 Å². The topological polar surface area (TPSA) is 49.6 Å². The standard InChI is InChI=1S/C15H15N3S/c1-10-11(2)17-15(18-12(10)3)19-9-14-6-4-5-13(7-14)8-16/h4-7H,9H2,1-3H3. The van der Waals surface area contributed by atoms with Gasteiger partial charge >= 0.3 is 0 Å². The largest absolute Gasteiger partial charge is 0.228 e. The molecule has 3 nitrogen and oxygen atoms in total. The van der Waals surface area contributed by atoms with Crippen molar-refractivity contribution in [1.82, 2.24) is 9.97 Å². The highest BCUT2D eigenvalue weighted by atomic mass is 32.2. The maximum Gasteiger partial charge on any atom is 0.188 e. The van der Waals surface area contributed by atoms with Crippen LogP contribution in [0.2, 0.25) is 0 Å². The maximum atomic E-state index is 8.87. The molecule has 96 valence electrons. The Morgan fingerprint density at radius 1 is 1.16 bits per heavy atom. The number of benzene rings is 1. The van der Waals surface area contributed by atoms with Gasteiger partial charge in [0.25, 0.3) is 0 Å². The second-order valence-corrected chi connectivity index (χ2v) is 5.35. The number of nitrogens with zero attached hydrogens (tertiary/aromatic N) is 3. The Morgan fingerprint density at radius 3 is 2.47 bits per heavy atom. The van der Waals surface area contributed by atoms with Crippen LogP contribution in [0.1, 0.15) is 28.1 Å². The van der Waals surface area contributed by atoms with Gasteiger partial charge < -0.3 is 0 Å². The first-order valence-corrected chi connectivity index (χ1v) is 7.02. The molecule has 2 aromatic rings. The van der Waals surface area contributed by atoms with E-state index in [-0.39, 0.29) is 0 Å². The van der Waals surface area contributed by atoms with Gasteiger partial charge in [-0.05, 0) is 44.0 Å². The molecule has 0 aliphatic carbocycles. The van der Waals surface area contributed by atoms with E-state index in [9.17, 15) is 0 Å². The molecule has 4 heteroatoms. The molecule has 19 heavy (non-hydrogen) atoms. The minimum absolute atomic E-state index is 0.690. The summed E-state index contributed by atoms with van der Waals surface area (Å²) in [4.78, 5) is 8.96. The van der Waals surface area contributed by atoms with Crippen molar-refractivity contribution in [2.24, 2.45) is 0 Å². The molecular weight excluding hydrogens is 254 g/mol. The molecule has 1 aromatic carbocycles. The minimum Gasteiger partial charge on any atom is -0.228 e. The highest BCUT2D eigenvalue weighted by Crippen LogP contribution is 2.21.